The van der Waals surface area contributed by atoms with Gasteiger partial charge in [0.25, 0.3) is 0 Å². The van der Waals surface area contributed by atoms with Gasteiger partial charge in [0.2, 0.25) is 11.7 Å². The van der Waals surface area contributed by atoms with Crippen LogP contribution in [0.5, 0.6) is 5.75 Å². The Hall–Kier alpha value is -4.48. The highest BCUT2D eigenvalue weighted by molar-refractivity contribution is 5.99. The molecule has 12 heteroatoms. The van der Waals surface area contributed by atoms with Crippen molar-refractivity contribution in [3.63, 3.8) is 0 Å². The maximum atomic E-state index is 12.1. The predicted octanol–water partition coefficient (Wildman–Crippen LogP) is 3.21. The lowest BCUT2D eigenvalue weighted by atomic mass is 10.1. The third kappa shape index (κ3) is 5.85. The number of nitro groups is 1. The number of aromatic nitrogens is 2. The lowest BCUT2D eigenvalue weighted by Crippen LogP contribution is -2.21. The zero-order chi connectivity index (χ0) is 24.8. The number of amides is 1. The lowest BCUT2D eigenvalue weighted by Gasteiger charge is -2.07. The Morgan fingerprint density at radius 3 is 2.53 bits per heavy atom. The van der Waals surface area contributed by atoms with E-state index >= 15 is 0 Å². The number of nitrogens with zero attached hydrogens (tertiary/aromatic N) is 4. The molecule has 0 unspecified atom stereocenters. The van der Waals surface area contributed by atoms with Crippen LogP contribution in [0, 0.1) is 24.0 Å². The van der Waals surface area contributed by atoms with Gasteiger partial charge in [0.05, 0.1) is 17.2 Å². The molecule has 2 aromatic heterocycles. The van der Waals surface area contributed by atoms with Gasteiger partial charge in [0.1, 0.15) is 29.5 Å². The fraction of sp³-hybridized carbons (Fsp3) is 0.273. The molecule has 0 aliphatic heterocycles. The van der Waals surface area contributed by atoms with Crippen LogP contribution in [0.4, 0.5) is 5.69 Å². The minimum Gasteiger partial charge on any atom is -0.486 e. The molecule has 0 atom stereocenters. The Labute approximate surface area is 194 Å². The van der Waals surface area contributed by atoms with E-state index in [9.17, 15) is 19.7 Å². The molecular formula is C22H23N5O7. The van der Waals surface area contributed by atoms with Gasteiger partial charge in [0.15, 0.2) is 0 Å². The van der Waals surface area contributed by atoms with E-state index < -0.39 is 10.9 Å². The number of furan rings is 1. The molecule has 34 heavy (non-hydrogen) atoms. The fourth-order valence-corrected chi connectivity index (χ4v) is 3.16. The largest absolute Gasteiger partial charge is 0.486 e. The number of hydrazone groups is 1. The van der Waals surface area contributed by atoms with E-state index in [1.165, 1.54) is 16.8 Å². The standard InChI is InChI=1S/C22H23N5O7/c1-13(23-24-20(28)10-11-26-15(3)21(27(31)32)14(2)25-26)16-4-6-17(7-5-16)33-12-18-8-9-19(34-18)22(29)30/h4-9H,10-12H2,1-3H3,(H,24,28)(H,29,30)/b23-13+. The van der Waals surface area contributed by atoms with Crippen molar-refractivity contribution >= 4 is 23.3 Å². The molecule has 2 N–H and O–H groups in total. The Balaban J connectivity index is 1.50. The maximum absolute atomic E-state index is 12.1. The number of carboxylic acids is 1. The van der Waals surface area contributed by atoms with E-state index in [2.05, 4.69) is 15.6 Å². The van der Waals surface area contributed by atoms with Crippen LogP contribution in [0.25, 0.3) is 0 Å². The first-order valence-corrected chi connectivity index (χ1v) is 10.2. The van der Waals surface area contributed by atoms with Crippen molar-refractivity contribution in [3.05, 3.63) is 75.0 Å². The molecule has 0 fully saturated rings. The predicted molar refractivity (Wildman–Crippen MR) is 120 cm³/mol. The van der Waals surface area contributed by atoms with Crippen molar-refractivity contribution in [2.45, 2.75) is 40.3 Å². The highest BCUT2D eigenvalue weighted by Crippen LogP contribution is 2.22. The molecule has 0 bridgehead atoms. The van der Waals surface area contributed by atoms with Gasteiger partial charge in [-0.05, 0) is 62.7 Å². The summed E-state index contributed by atoms with van der Waals surface area (Å²) in [6, 6.07) is 9.85. The Morgan fingerprint density at radius 1 is 1.24 bits per heavy atom. The number of hydrogen-bond acceptors (Lipinski definition) is 8. The zero-order valence-electron chi connectivity index (χ0n) is 18.8. The average Bonchev–Trinajstić information content (AvgIpc) is 3.39. The van der Waals surface area contributed by atoms with Crippen molar-refractivity contribution in [1.82, 2.24) is 15.2 Å². The molecule has 3 aromatic rings. The summed E-state index contributed by atoms with van der Waals surface area (Å²) in [4.78, 5) is 33.6. The van der Waals surface area contributed by atoms with Crippen molar-refractivity contribution in [3.8, 4) is 5.75 Å². The van der Waals surface area contributed by atoms with Crippen molar-refractivity contribution in [2.75, 3.05) is 0 Å². The van der Waals surface area contributed by atoms with Gasteiger partial charge in [-0.25, -0.2) is 10.2 Å². The molecule has 12 nitrogen and oxygen atoms in total. The second-order valence-electron chi connectivity index (χ2n) is 7.37. The van der Waals surface area contributed by atoms with Crippen LogP contribution < -0.4 is 10.2 Å². The van der Waals surface area contributed by atoms with E-state index in [0.29, 0.717) is 28.6 Å². The SMILES string of the molecule is C/C(=N\NC(=O)CCn1nc(C)c([N+](=O)[O-])c1C)c1ccc(OCc2ccc(C(=O)O)o2)cc1. The summed E-state index contributed by atoms with van der Waals surface area (Å²) in [6.45, 7) is 5.15. The molecule has 3 rings (SSSR count). The molecule has 1 aromatic carbocycles. The molecule has 0 aliphatic rings. The highest BCUT2D eigenvalue weighted by Gasteiger charge is 2.21. The number of aromatic carboxylic acids is 1. The van der Waals surface area contributed by atoms with Gasteiger partial charge in [-0.15, -0.1) is 0 Å². The summed E-state index contributed by atoms with van der Waals surface area (Å²) in [6.07, 6.45) is 0.0546. The van der Waals surface area contributed by atoms with Gasteiger partial charge >= 0.3 is 11.7 Å². The summed E-state index contributed by atoms with van der Waals surface area (Å²) in [7, 11) is 0. The molecule has 0 saturated carbocycles. The molecule has 0 aliphatic carbocycles. The van der Waals surface area contributed by atoms with Crippen LogP contribution in [0.3, 0.4) is 0 Å². The van der Waals surface area contributed by atoms with Gasteiger partial charge in [-0.1, -0.05) is 0 Å². The number of rotatable bonds is 10. The van der Waals surface area contributed by atoms with E-state index in [0.717, 1.165) is 5.56 Å². The van der Waals surface area contributed by atoms with Gasteiger partial charge in [-0.2, -0.15) is 10.2 Å². The number of nitrogens with one attached hydrogen (secondary N) is 1. The molecule has 1 amide bonds. The molecule has 0 saturated heterocycles. The number of ether oxygens (including phenoxy) is 1. The second kappa shape index (κ2) is 10.4. The lowest BCUT2D eigenvalue weighted by molar-refractivity contribution is -0.386. The minimum absolute atomic E-state index is 0.0455. The monoisotopic (exact) mass is 469 g/mol. The van der Waals surface area contributed by atoms with Crippen LogP contribution in [0.15, 0.2) is 45.9 Å². The smallest absolute Gasteiger partial charge is 0.371 e. The Morgan fingerprint density at radius 2 is 1.94 bits per heavy atom. The van der Waals surface area contributed by atoms with E-state index in [4.69, 9.17) is 14.3 Å². The number of carbonyl (C=O) groups excluding carboxylic acids is 1. The number of carbonyl (C=O) groups is 2. The molecule has 0 spiro atoms. The second-order valence-corrected chi connectivity index (χ2v) is 7.37. The first-order chi connectivity index (χ1) is 16.2. The van der Waals surface area contributed by atoms with E-state index in [1.54, 1.807) is 45.0 Å². The summed E-state index contributed by atoms with van der Waals surface area (Å²) in [5.41, 5.74) is 4.45. The van der Waals surface area contributed by atoms with E-state index in [-0.39, 0.29) is 36.9 Å². The molecular weight excluding hydrogens is 446 g/mol. The van der Waals surface area contributed by atoms with Gasteiger partial charge in [-0.3, -0.25) is 19.6 Å². The van der Waals surface area contributed by atoms with Crippen molar-refractivity contribution in [1.29, 1.82) is 0 Å². The first-order valence-electron chi connectivity index (χ1n) is 10.2. The normalized spacial score (nSPS) is 11.3. The Kier molecular flexibility index (Phi) is 7.41. The van der Waals surface area contributed by atoms with Crippen LogP contribution in [-0.4, -0.2) is 37.4 Å². The van der Waals surface area contributed by atoms with E-state index in [1.807, 2.05) is 0 Å². The average molecular weight is 469 g/mol. The molecule has 0 radical (unpaired) electrons. The van der Waals surface area contributed by atoms with Gasteiger partial charge in [0, 0.05) is 6.42 Å². The third-order valence-electron chi connectivity index (χ3n) is 4.95. The van der Waals surface area contributed by atoms with Crippen LogP contribution in [-0.2, 0) is 17.9 Å². The highest BCUT2D eigenvalue weighted by atomic mass is 16.6. The summed E-state index contributed by atoms with van der Waals surface area (Å²) in [5.74, 6) is -0.717. The van der Waals surface area contributed by atoms with Crippen molar-refractivity contribution in [2.24, 2.45) is 5.10 Å². The Bertz CT molecular complexity index is 1240. The van der Waals surface area contributed by atoms with Crippen LogP contribution in [0.1, 0.15) is 46.6 Å². The number of hydrogen-bond donors (Lipinski definition) is 2. The minimum atomic E-state index is -1.15. The zero-order valence-corrected chi connectivity index (χ0v) is 18.8. The summed E-state index contributed by atoms with van der Waals surface area (Å²) >= 11 is 0. The maximum Gasteiger partial charge on any atom is 0.371 e. The van der Waals surface area contributed by atoms with Gasteiger partial charge < -0.3 is 14.3 Å². The number of benzene rings is 1. The number of aryl methyl sites for hydroxylation is 2. The quantitative estimate of drug-likeness (QED) is 0.260. The topological polar surface area (TPSA) is 162 Å². The summed E-state index contributed by atoms with van der Waals surface area (Å²) < 4.78 is 12.2. The third-order valence-corrected chi connectivity index (χ3v) is 4.95. The first kappa shape index (κ1) is 24.2. The molecule has 178 valence electrons. The number of carboxylic acid groups (broad SMARTS) is 1. The van der Waals surface area contributed by atoms with Crippen LogP contribution >= 0.6 is 0 Å². The van der Waals surface area contributed by atoms with Crippen molar-refractivity contribution < 1.29 is 28.8 Å². The summed E-state index contributed by atoms with van der Waals surface area (Å²) in [5, 5.41) is 28.1. The van der Waals surface area contributed by atoms with Crippen LogP contribution in [0.2, 0.25) is 0 Å². The molecule has 2 heterocycles. The fourth-order valence-electron chi connectivity index (χ4n) is 3.16.